The molecule has 0 heterocycles. The van der Waals surface area contributed by atoms with Crippen molar-refractivity contribution in [2.24, 2.45) is 0 Å². The third-order valence-electron chi connectivity index (χ3n) is 1.41. The fraction of sp³-hybridized carbons (Fsp3) is 1.00. The van der Waals surface area contributed by atoms with Crippen molar-refractivity contribution in [1.82, 2.24) is 0 Å². The van der Waals surface area contributed by atoms with Crippen LogP contribution >= 0.6 is 0 Å². The molecule has 0 radical (unpaired) electrons. The fourth-order valence-corrected chi connectivity index (χ4v) is 3.16. The fourth-order valence-electron chi connectivity index (χ4n) is 1.05. The Balaban J connectivity index is 0. The first-order chi connectivity index (χ1) is 5.18. The van der Waals surface area contributed by atoms with Crippen LogP contribution in [0.2, 0.25) is 5.79 Å². The van der Waals surface area contributed by atoms with Crippen molar-refractivity contribution in [2.45, 2.75) is 26.6 Å². The van der Waals surface area contributed by atoms with Crippen molar-refractivity contribution in [3.05, 3.63) is 0 Å². The van der Waals surface area contributed by atoms with Crippen molar-refractivity contribution in [1.29, 1.82) is 0 Å². The summed E-state index contributed by atoms with van der Waals surface area (Å²) in [6, 6.07) is 0. The summed E-state index contributed by atoms with van der Waals surface area (Å²) in [5.74, 6) is 1.95. The molecule has 12 heavy (non-hydrogen) atoms. The minimum Gasteiger partial charge on any atom is -0.613 e. The molecule has 0 unspecified atom stereocenters. The zero-order valence-electron chi connectivity index (χ0n) is 8.92. The molecule has 0 saturated carbocycles. The van der Waals surface area contributed by atoms with Crippen molar-refractivity contribution in [3.8, 4) is 0 Å². The van der Waals surface area contributed by atoms with Crippen molar-refractivity contribution in [2.75, 3.05) is 19.8 Å². The minimum atomic E-state index is -2.53. The molecule has 0 N–H and O–H groups in total. The maximum atomic E-state index is 5.43. The van der Waals surface area contributed by atoms with Crippen LogP contribution in [0.5, 0.6) is 0 Å². The van der Waals surface area contributed by atoms with Crippen LogP contribution in [-0.2, 0) is 11.4 Å². The van der Waals surface area contributed by atoms with E-state index < -0.39 is 14.1 Å². The predicted octanol–water partition coefficient (Wildman–Crippen LogP) is -1.33. The zero-order chi connectivity index (χ0) is 8.74. The molecule has 0 bridgehead atoms. The van der Waals surface area contributed by atoms with Gasteiger partial charge in [0, 0.05) is 0 Å². The van der Waals surface area contributed by atoms with Gasteiger partial charge in [-0.2, -0.15) is 0 Å². The number of hydrogen-bond donors (Lipinski definition) is 0. The Bertz CT molecular complexity index is 85.6. The van der Waals surface area contributed by atoms with Crippen LogP contribution in [0.25, 0.3) is 0 Å². The van der Waals surface area contributed by atoms with E-state index in [1.165, 1.54) is 0 Å². The summed E-state index contributed by atoms with van der Waals surface area (Å²) >= 11 is -2.53. The van der Waals surface area contributed by atoms with Gasteiger partial charge in [-0.1, -0.05) is 0 Å². The van der Waals surface area contributed by atoms with Crippen LogP contribution in [0.15, 0.2) is 0 Å². The average Bonchev–Trinajstić information content (AvgIpc) is 1.88. The topological polar surface area (TPSA) is 27.7 Å². The molecule has 0 spiro atoms. The summed E-state index contributed by atoms with van der Waals surface area (Å²) < 4.78 is 16.3. The molecule has 0 aliphatic heterocycles. The molecule has 0 aromatic rings. The second-order valence-electron chi connectivity index (χ2n) is 2.36. The van der Waals surface area contributed by atoms with Crippen molar-refractivity contribution < 1.29 is 30.2 Å². The Hall–Kier alpha value is 1.01. The minimum absolute atomic E-state index is 0. The Morgan fingerprint density at radius 2 is 1.08 bits per heavy atom. The molecule has 3 nitrogen and oxygen atoms in total. The van der Waals surface area contributed by atoms with E-state index in [-0.39, 0.29) is 18.9 Å². The molecule has 0 rings (SSSR count). The molecule has 0 aromatic carbocycles. The molecule has 0 atom stereocenters. The Morgan fingerprint density at radius 3 is 1.25 bits per heavy atom. The summed E-state index contributed by atoms with van der Waals surface area (Å²) in [6.45, 7) is 7.87. The summed E-state index contributed by atoms with van der Waals surface area (Å²) in [4.78, 5) is 0. The smallest absolute Gasteiger partial charge is 0.613 e. The van der Waals surface area contributed by atoms with E-state index in [1.807, 2.05) is 26.6 Å². The van der Waals surface area contributed by atoms with E-state index in [0.29, 0.717) is 19.8 Å². The first-order valence-electron chi connectivity index (χ1n) is 4.27. The van der Waals surface area contributed by atoms with Crippen LogP contribution in [-0.4, -0.2) is 33.9 Å². The second-order valence-corrected chi connectivity index (χ2v) is 5.35. The summed E-state index contributed by atoms with van der Waals surface area (Å²) in [7, 11) is 0. The monoisotopic (exact) mass is 184 g/mol. The first kappa shape index (κ1) is 15.5. The van der Waals surface area contributed by atoms with Gasteiger partial charge in [0.05, 0.1) is 0 Å². The van der Waals surface area contributed by atoms with Gasteiger partial charge in [-0.15, -0.1) is 5.79 Å². The first-order valence-corrected chi connectivity index (χ1v) is 6.84. The predicted molar refractivity (Wildman–Crippen MR) is 46.5 cm³/mol. The normalized spacial score (nSPS) is 11.0. The van der Waals surface area contributed by atoms with Gasteiger partial charge in [0.2, 0.25) is 0 Å². The van der Waals surface area contributed by atoms with Gasteiger partial charge >= 0.3 is 32.9 Å². The summed E-state index contributed by atoms with van der Waals surface area (Å²) in [5.41, 5.74) is 0. The number of rotatable bonds is 6. The molecular weight excluding hydrogens is 166 g/mol. The van der Waals surface area contributed by atoms with E-state index in [2.05, 4.69) is 0 Å². The van der Waals surface area contributed by atoms with Gasteiger partial charge in [-0.3, -0.25) is 0 Å². The van der Waals surface area contributed by atoms with Gasteiger partial charge in [0.25, 0.3) is 0 Å². The quantitative estimate of drug-likeness (QED) is 0.479. The van der Waals surface area contributed by atoms with Gasteiger partial charge in [0.1, 0.15) is 0 Å². The molecule has 0 amide bonds. The second kappa shape index (κ2) is 8.60. The van der Waals surface area contributed by atoms with Crippen LogP contribution in [0.4, 0.5) is 0 Å². The van der Waals surface area contributed by atoms with Gasteiger partial charge in [-0.05, 0) is 40.6 Å². The largest absolute Gasteiger partial charge is 1.00 e. The third kappa shape index (κ3) is 6.52. The third-order valence-corrected chi connectivity index (χ3v) is 4.22. The Labute approximate surface area is 90.6 Å². The molecular formula is C7H18AlLiO3. The number of hydrogen-bond acceptors (Lipinski definition) is 3. The van der Waals surface area contributed by atoms with E-state index in [4.69, 9.17) is 11.4 Å². The average molecular weight is 184 g/mol. The van der Waals surface area contributed by atoms with Gasteiger partial charge in [0.15, 0.2) is 0 Å². The van der Waals surface area contributed by atoms with Crippen LogP contribution < -0.4 is 18.9 Å². The van der Waals surface area contributed by atoms with Gasteiger partial charge in [-0.25, -0.2) is 0 Å². The summed E-state index contributed by atoms with van der Waals surface area (Å²) in [5, 5.41) is 0. The summed E-state index contributed by atoms with van der Waals surface area (Å²) in [6.07, 6.45) is 0. The standard InChI is InChI=1S/3C2H5O.CH3.Al.Li/c3*1-2-3;;;/h3*2H2,1H3;1H3;;/q3*-1;;+2;+1. The zero-order valence-corrected chi connectivity index (χ0v) is 10.1. The SMILES string of the molecule is CC[O][Al-]([CH3])([O]CC)[O]CC.[Li+]. The van der Waals surface area contributed by atoms with Crippen LogP contribution in [0.1, 0.15) is 20.8 Å². The van der Waals surface area contributed by atoms with E-state index in [9.17, 15) is 0 Å². The molecule has 0 fully saturated rings. The van der Waals surface area contributed by atoms with Crippen molar-refractivity contribution >= 4 is 14.1 Å². The maximum Gasteiger partial charge on any atom is 1.00 e. The Morgan fingerprint density at radius 1 is 0.833 bits per heavy atom. The van der Waals surface area contributed by atoms with Crippen LogP contribution in [0, 0.1) is 0 Å². The van der Waals surface area contributed by atoms with E-state index in [0.717, 1.165) is 0 Å². The Kier molecular flexibility index (Phi) is 11.1. The van der Waals surface area contributed by atoms with Crippen molar-refractivity contribution in [3.63, 3.8) is 0 Å². The van der Waals surface area contributed by atoms with E-state index >= 15 is 0 Å². The molecule has 0 aromatic heterocycles. The maximum absolute atomic E-state index is 5.43. The molecule has 0 aliphatic rings. The molecule has 5 heteroatoms. The van der Waals surface area contributed by atoms with E-state index in [1.54, 1.807) is 0 Å². The molecule has 0 saturated heterocycles. The molecule has 68 valence electrons. The van der Waals surface area contributed by atoms with Gasteiger partial charge < -0.3 is 11.4 Å². The van der Waals surface area contributed by atoms with Crippen LogP contribution in [0.3, 0.4) is 0 Å². The molecule has 0 aliphatic carbocycles.